The molecule has 1 aliphatic carbocycles. The van der Waals surface area contributed by atoms with E-state index in [9.17, 15) is 9.59 Å². The van der Waals surface area contributed by atoms with Crippen molar-refractivity contribution in [3.8, 4) is 5.69 Å². The molecule has 1 aliphatic rings. The van der Waals surface area contributed by atoms with Crippen molar-refractivity contribution in [3.63, 3.8) is 0 Å². The summed E-state index contributed by atoms with van der Waals surface area (Å²) in [5.74, 6) is -1.24. The molecule has 0 spiro atoms. The largest absolute Gasteiger partial charge is 0.480 e. The van der Waals surface area contributed by atoms with Gasteiger partial charge in [0.25, 0.3) is 5.91 Å². The van der Waals surface area contributed by atoms with Crippen LogP contribution in [0, 0.1) is 6.92 Å². The van der Waals surface area contributed by atoms with E-state index in [0.29, 0.717) is 10.6 Å². The smallest absolute Gasteiger partial charge is 0.325 e. The molecule has 0 radical (unpaired) electrons. The number of amides is 1. The van der Waals surface area contributed by atoms with Crippen LogP contribution < -0.4 is 5.32 Å². The van der Waals surface area contributed by atoms with Crippen LogP contribution in [0.15, 0.2) is 24.4 Å². The third-order valence-electron chi connectivity index (χ3n) is 4.13. The van der Waals surface area contributed by atoms with Crippen LogP contribution in [0.3, 0.4) is 0 Å². The van der Waals surface area contributed by atoms with Crippen LogP contribution in [0.1, 0.15) is 47.3 Å². The van der Waals surface area contributed by atoms with Crippen LogP contribution in [0.5, 0.6) is 0 Å². The first-order valence-corrected chi connectivity index (χ1v) is 8.14. The topological polar surface area (TPSA) is 84.2 Å². The van der Waals surface area contributed by atoms with Crippen LogP contribution in [0.4, 0.5) is 0 Å². The van der Waals surface area contributed by atoms with E-state index in [-0.39, 0.29) is 5.92 Å². The number of nitrogens with one attached hydrogen (secondary N) is 1. The number of carboxylic acid groups (broad SMARTS) is 1. The summed E-state index contributed by atoms with van der Waals surface area (Å²) in [5.41, 5.74) is 2.99. The maximum atomic E-state index is 12.4. The molecule has 1 atom stereocenters. The fraction of sp³-hybridized carbons (Fsp3) is 0.353. The van der Waals surface area contributed by atoms with Crippen molar-refractivity contribution in [1.29, 1.82) is 0 Å². The molecule has 126 valence electrons. The van der Waals surface area contributed by atoms with E-state index in [4.69, 9.17) is 16.7 Å². The van der Waals surface area contributed by atoms with Gasteiger partial charge in [0.15, 0.2) is 0 Å². The number of nitrogens with zero attached hydrogens (tertiary/aromatic N) is 2. The molecule has 1 heterocycles. The number of benzene rings is 1. The number of carbonyl (C=O) groups is 2. The van der Waals surface area contributed by atoms with Gasteiger partial charge in [0, 0.05) is 10.9 Å². The molecular formula is C17H18ClN3O3. The highest BCUT2D eigenvalue weighted by atomic mass is 35.5. The molecule has 1 saturated carbocycles. The highest BCUT2D eigenvalue weighted by Gasteiger charge is 2.33. The summed E-state index contributed by atoms with van der Waals surface area (Å²) in [6.07, 6.45) is 3.46. The Bertz CT molecular complexity index is 811. The van der Waals surface area contributed by atoms with E-state index in [1.54, 1.807) is 4.68 Å². The number of aromatic nitrogens is 2. The lowest BCUT2D eigenvalue weighted by Gasteiger charge is -2.12. The molecule has 2 aromatic rings. The van der Waals surface area contributed by atoms with E-state index in [1.807, 2.05) is 25.1 Å². The molecule has 1 aromatic carbocycles. The van der Waals surface area contributed by atoms with Gasteiger partial charge in [-0.1, -0.05) is 17.7 Å². The number of hydrogen-bond acceptors (Lipinski definition) is 3. The zero-order valence-electron chi connectivity index (χ0n) is 13.4. The van der Waals surface area contributed by atoms with Gasteiger partial charge in [-0.15, -0.1) is 0 Å². The molecule has 0 aliphatic heterocycles. The van der Waals surface area contributed by atoms with Crippen LogP contribution in [-0.2, 0) is 4.79 Å². The Morgan fingerprint density at radius 1 is 1.42 bits per heavy atom. The average molecular weight is 348 g/mol. The summed E-state index contributed by atoms with van der Waals surface area (Å²) in [6, 6.07) is 4.67. The SMILES string of the molecule is Cc1ccc(-n2ncc(C(=O)NC(C)C(=O)O)c2C2CC2)cc1Cl. The molecule has 3 rings (SSSR count). The fourth-order valence-corrected chi connectivity index (χ4v) is 2.71. The summed E-state index contributed by atoms with van der Waals surface area (Å²) < 4.78 is 1.73. The Balaban J connectivity index is 1.98. The first-order chi connectivity index (χ1) is 11.4. The first kappa shape index (κ1) is 16.5. The monoisotopic (exact) mass is 347 g/mol. The number of rotatable bonds is 5. The maximum absolute atomic E-state index is 12.4. The minimum atomic E-state index is -1.07. The van der Waals surface area contributed by atoms with Crippen molar-refractivity contribution < 1.29 is 14.7 Å². The van der Waals surface area contributed by atoms with Crippen LogP contribution in [-0.4, -0.2) is 32.8 Å². The molecule has 1 fully saturated rings. The number of aliphatic carboxylic acids is 1. The van der Waals surface area contributed by atoms with Gasteiger partial charge in [-0.25, -0.2) is 4.68 Å². The van der Waals surface area contributed by atoms with Gasteiger partial charge < -0.3 is 10.4 Å². The van der Waals surface area contributed by atoms with Gasteiger partial charge in [-0.3, -0.25) is 9.59 Å². The molecule has 1 unspecified atom stereocenters. The summed E-state index contributed by atoms with van der Waals surface area (Å²) in [7, 11) is 0. The summed E-state index contributed by atoms with van der Waals surface area (Å²) in [5, 5.41) is 16.4. The Kier molecular flexibility index (Phi) is 4.32. The lowest BCUT2D eigenvalue weighted by molar-refractivity contribution is -0.138. The molecule has 0 bridgehead atoms. The van der Waals surface area contributed by atoms with Gasteiger partial charge in [0.1, 0.15) is 6.04 Å². The number of aryl methyl sites for hydroxylation is 1. The molecule has 1 aromatic heterocycles. The maximum Gasteiger partial charge on any atom is 0.325 e. The third-order valence-corrected chi connectivity index (χ3v) is 4.54. The van der Waals surface area contributed by atoms with Gasteiger partial charge in [-0.05, 0) is 44.4 Å². The van der Waals surface area contributed by atoms with Crippen molar-refractivity contribution in [2.24, 2.45) is 0 Å². The zero-order valence-corrected chi connectivity index (χ0v) is 14.2. The van der Waals surface area contributed by atoms with Gasteiger partial charge in [0.05, 0.1) is 23.1 Å². The zero-order chi connectivity index (χ0) is 17.4. The average Bonchev–Trinajstić information content (AvgIpc) is 3.28. The van der Waals surface area contributed by atoms with Gasteiger partial charge in [-0.2, -0.15) is 5.10 Å². The van der Waals surface area contributed by atoms with E-state index in [2.05, 4.69) is 10.4 Å². The normalized spacial score (nSPS) is 15.1. The Morgan fingerprint density at radius 3 is 2.71 bits per heavy atom. The third kappa shape index (κ3) is 3.14. The van der Waals surface area contributed by atoms with Crippen molar-refractivity contribution in [2.75, 3.05) is 0 Å². The second-order valence-electron chi connectivity index (χ2n) is 6.10. The predicted molar refractivity (Wildman–Crippen MR) is 89.9 cm³/mol. The van der Waals surface area contributed by atoms with Gasteiger partial charge in [0.2, 0.25) is 0 Å². The van der Waals surface area contributed by atoms with Crippen LogP contribution in [0.25, 0.3) is 5.69 Å². The summed E-state index contributed by atoms with van der Waals surface area (Å²) in [6.45, 7) is 3.35. The summed E-state index contributed by atoms with van der Waals surface area (Å²) in [4.78, 5) is 23.4. The Labute approximate surface area is 144 Å². The van der Waals surface area contributed by atoms with Crippen LogP contribution >= 0.6 is 11.6 Å². The standard InChI is InChI=1S/C17H18ClN3O3/c1-9-3-6-12(7-14(9)18)21-15(11-4-5-11)13(8-19-21)16(22)20-10(2)17(23)24/h3,6-8,10-11H,4-5H2,1-2H3,(H,20,22)(H,23,24). The lowest BCUT2D eigenvalue weighted by atomic mass is 10.1. The van der Waals surface area contributed by atoms with Crippen molar-refractivity contribution >= 4 is 23.5 Å². The van der Waals surface area contributed by atoms with E-state index in [0.717, 1.165) is 29.8 Å². The van der Waals surface area contributed by atoms with E-state index in [1.165, 1.54) is 13.1 Å². The first-order valence-electron chi connectivity index (χ1n) is 7.76. The summed E-state index contributed by atoms with van der Waals surface area (Å²) >= 11 is 6.20. The molecule has 7 heteroatoms. The number of carbonyl (C=O) groups excluding carboxylic acids is 1. The van der Waals surface area contributed by atoms with E-state index >= 15 is 0 Å². The van der Waals surface area contributed by atoms with Crippen molar-refractivity contribution in [2.45, 2.75) is 38.6 Å². The number of halogens is 1. The second-order valence-corrected chi connectivity index (χ2v) is 6.50. The predicted octanol–water partition coefficient (Wildman–Crippen LogP) is 2.91. The van der Waals surface area contributed by atoms with E-state index < -0.39 is 17.9 Å². The molecule has 1 amide bonds. The number of hydrogen-bond donors (Lipinski definition) is 2. The molecule has 6 nitrogen and oxygen atoms in total. The van der Waals surface area contributed by atoms with Gasteiger partial charge >= 0.3 is 5.97 Å². The van der Waals surface area contributed by atoms with Crippen LogP contribution in [0.2, 0.25) is 5.02 Å². The Morgan fingerprint density at radius 2 is 2.12 bits per heavy atom. The minimum absolute atomic E-state index is 0.258. The fourth-order valence-electron chi connectivity index (χ4n) is 2.54. The number of carboxylic acids is 1. The lowest BCUT2D eigenvalue weighted by Crippen LogP contribution is -2.38. The van der Waals surface area contributed by atoms with Crippen molar-refractivity contribution in [1.82, 2.24) is 15.1 Å². The van der Waals surface area contributed by atoms with Crippen molar-refractivity contribution in [3.05, 3.63) is 46.2 Å². The molecular weight excluding hydrogens is 330 g/mol. The second kappa shape index (κ2) is 6.28. The molecule has 24 heavy (non-hydrogen) atoms. The quantitative estimate of drug-likeness (QED) is 0.871. The molecule has 0 saturated heterocycles. The highest BCUT2D eigenvalue weighted by Crippen LogP contribution is 2.42. The molecule has 2 N–H and O–H groups in total. The minimum Gasteiger partial charge on any atom is -0.480 e. The Hall–Kier alpha value is -2.34. The highest BCUT2D eigenvalue weighted by molar-refractivity contribution is 6.31.